The molecule has 117 valence electrons. The van der Waals surface area contributed by atoms with Gasteiger partial charge in [-0.25, -0.2) is 0 Å². The van der Waals surface area contributed by atoms with E-state index in [4.69, 9.17) is 0 Å². The molecule has 0 unspecified atom stereocenters. The van der Waals surface area contributed by atoms with Crippen LogP contribution in [0.3, 0.4) is 0 Å². The third-order valence-electron chi connectivity index (χ3n) is 4.23. The highest BCUT2D eigenvalue weighted by atomic mass is 14.2. The van der Waals surface area contributed by atoms with Crippen molar-refractivity contribution in [3.05, 3.63) is 77.7 Å². The largest absolute Gasteiger partial charge is 0.0654 e. The summed E-state index contributed by atoms with van der Waals surface area (Å²) in [6, 6.07) is 21.8. The summed E-state index contributed by atoms with van der Waals surface area (Å²) in [5.74, 6) is 1.67. The van der Waals surface area contributed by atoms with Crippen LogP contribution in [0.1, 0.15) is 56.6 Å². The smallest absolute Gasteiger partial charge is 0.0154 e. The maximum absolute atomic E-state index is 2.28. The van der Waals surface area contributed by atoms with E-state index in [0.29, 0.717) is 0 Å². The first-order valence-electron chi connectivity index (χ1n) is 8.80. The Morgan fingerprint density at radius 2 is 1.14 bits per heavy atom. The van der Waals surface area contributed by atoms with E-state index in [-0.39, 0.29) is 0 Å². The van der Waals surface area contributed by atoms with Gasteiger partial charge in [-0.2, -0.15) is 0 Å². The minimum atomic E-state index is 1.13. The molecule has 0 heterocycles. The Balaban J connectivity index is 1.88. The quantitative estimate of drug-likeness (QED) is 0.444. The number of hydrogen-bond donors (Lipinski definition) is 0. The van der Waals surface area contributed by atoms with Crippen LogP contribution in [0.2, 0.25) is 0 Å². The lowest BCUT2D eigenvalue weighted by Gasteiger charge is -2.17. The molecule has 0 amide bonds. The average Bonchev–Trinajstić information content (AvgIpc) is 2.56. The monoisotopic (exact) mass is 293 g/mol. The van der Waals surface area contributed by atoms with Crippen molar-refractivity contribution in [1.82, 2.24) is 0 Å². The molecule has 0 atom stereocenters. The van der Waals surface area contributed by atoms with Crippen molar-refractivity contribution in [2.75, 3.05) is 0 Å². The van der Waals surface area contributed by atoms with Crippen molar-refractivity contribution in [2.24, 2.45) is 0 Å². The second-order valence-electron chi connectivity index (χ2n) is 6.24. The van der Waals surface area contributed by atoms with Gasteiger partial charge in [0, 0.05) is 0 Å². The van der Waals surface area contributed by atoms with Gasteiger partial charge in [0.05, 0.1) is 0 Å². The minimum Gasteiger partial charge on any atom is -0.0654 e. The van der Waals surface area contributed by atoms with Crippen LogP contribution in [0.4, 0.5) is 0 Å². The van der Waals surface area contributed by atoms with Crippen LogP contribution in [0, 0.1) is 5.92 Å². The fourth-order valence-electron chi connectivity index (χ4n) is 2.99. The highest BCUT2D eigenvalue weighted by Crippen LogP contribution is 2.23. The molecule has 0 saturated heterocycles. The van der Waals surface area contributed by atoms with Crippen molar-refractivity contribution < 1.29 is 0 Å². The number of hydrogen-bond acceptors (Lipinski definition) is 0. The van der Waals surface area contributed by atoms with Crippen molar-refractivity contribution in [3.8, 4) is 0 Å². The Hall–Kier alpha value is -1.56. The molecule has 0 aliphatic carbocycles. The normalized spacial score (nSPS) is 11.0. The first-order valence-corrected chi connectivity index (χ1v) is 8.80. The van der Waals surface area contributed by atoms with Gasteiger partial charge in [-0.1, -0.05) is 99.7 Å². The highest BCUT2D eigenvalue weighted by Gasteiger charge is 2.11. The maximum Gasteiger partial charge on any atom is -0.0154 e. The van der Waals surface area contributed by atoms with E-state index in [2.05, 4.69) is 67.6 Å². The molecule has 0 N–H and O–H groups in total. The van der Waals surface area contributed by atoms with Crippen molar-refractivity contribution in [2.45, 2.75) is 58.3 Å². The molecule has 0 spiro atoms. The highest BCUT2D eigenvalue weighted by molar-refractivity contribution is 5.24. The molecule has 0 saturated carbocycles. The molecule has 0 aliphatic rings. The molecule has 0 bridgehead atoms. The Bertz CT molecular complexity index is 444. The van der Waals surface area contributed by atoms with Crippen molar-refractivity contribution in [1.29, 1.82) is 0 Å². The zero-order valence-corrected chi connectivity index (χ0v) is 13.9. The first kappa shape index (κ1) is 16.8. The van der Waals surface area contributed by atoms with Gasteiger partial charge in [0.2, 0.25) is 0 Å². The van der Waals surface area contributed by atoms with Gasteiger partial charge in [-0.3, -0.25) is 0 Å². The third kappa shape index (κ3) is 6.47. The van der Waals surface area contributed by atoms with Gasteiger partial charge in [0.15, 0.2) is 0 Å². The number of benzene rings is 2. The van der Waals surface area contributed by atoms with E-state index in [1.165, 1.54) is 49.7 Å². The van der Waals surface area contributed by atoms with Crippen LogP contribution in [-0.2, 0) is 12.8 Å². The Morgan fingerprint density at radius 3 is 1.64 bits per heavy atom. The van der Waals surface area contributed by atoms with Gasteiger partial charge >= 0.3 is 0 Å². The summed E-state index contributed by atoms with van der Waals surface area (Å²) in [4.78, 5) is 0. The molecule has 0 aliphatic heterocycles. The number of rotatable bonds is 10. The lowest BCUT2D eigenvalue weighted by molar-refractivity contribution is 0.595. The average molecular weight is 293 g/mol. The van der Waals surface area contributed by atoms with Crippen LogP contribution in [0.5, 0.6) is 0 Å². The van der Waals surface area contributed by atoms with Gasteiger partial charge < -0.3 is 0 Å². The second-order valence-corrected chi connectivity index (χ2v) is 6.24. The molecule has 0 fully saturated rings. The fourth-order valence-corrected chi connectivity index (χ4v) is 2.99. The molecular formula is C22H29. The molecule has 2 rings (SSSR count). The summed E-state index contributed by atoms with van der Waals surface area (Å²) >= 11 is 0. The van der Waals surface area contributed by atoms with E-state index >= 15 is 0 Å². The van der Waals surface area contributed by atoms with E-state index in [1.807, 2.05) is 0 Å². The van der Waals surface area contributed by atoms with Crippen molar-refractivity contribution >= 4 is 0 Å². The predicted octanol–water partition coefficient (Wildman–Crippen LogP) is 6.41. The summed E-state index contributed by atoms with van der Waals surface area (Å²) in [5, 5.41) is 0. The summed E-state index contributed by atoms with van der Waals surface area (Å²) in [7, 11) is 0. The lowest BCUT2D eigenvalue weighted by atomic mass is 9.88. The molecule has 2 aromatic carbocycles. The molecule has 0 heteroatoms. The molecule has 2 aromatic rings. The molecule has 0 aromatic heterocycles. The maximum atomic E-state index is 2.28. The van der Waals surface area contributed by atoms with Crippen LogP contribution < -0.4 is 0 Å². The van der Waals surface area contributed by atoms with E-state index in [9.17, 15) is 0 Å². The molecule has 1 radical (unpaired) electrons. The molecule has 22 heavy (non-hydrogen) atoms. The Labute approximate surface area is 136 Å². The first-order chi connectivity index (χ1) is 10.9. The van der Waals surface area contributed by atoms with Gasteiger partial charge in [-0.15, -0.1) is 0 Å². The Morgan fingerprint density at radius 1 is 0.636 bits per heavy atom. The van der Waals surface area contributed by atoms with Crippen LogP contribution in [0.15, 0.2) is 60.7 Å². The topological polar surface area (TPSA) is 0 Å². The van der Waals surface area contributed by atoms with E-state index in [0.717, 1.165) is 12.8 Å². The Kier molecular flexibility index (Phi) is 7.80. The summed E-state index contributed by atoms with van der Waals surface area (Å²) in [6.07, 6.45) is 10.3. The van der Waals surface area contributed by atoms with Crippen LogP contribution >= 0.6 is 0 Å². The van der Waals surface area contributed by atoms with Crippen LogP contribution in [0.25, 0.3) is 0 Å². The zero-order valence-electron chi connectivity index (χ0n) is 13.9. The number of unbranched alkanes of at least 4 members (excludes halogenated alkanes) is 4. The fraction of sp³-hybridized carbons (Fsp3) is 0.409. The van der Waals surface area contributed by atoms with Crippen LogP contribution in [-0.4, -0.2) is 0 Å². The summed E-state index contributed by atoms with van der Waals surface area (Å²) in [6.45, 7) is 2.28. The second kappa shape index (κ2) is 10.2. The summed E-state index contributed by atoms with van der Waals surface area (Å²) in [5.41, 5.74) is 2.89. The SMILES string of the molecule is CCCCCCC[C](Cc1ccccc1)Cc1ccccc1. The molecular weight excluding hydrogens is 264 g/mol. The van der Waals surface area contributed by atoms with Crippen molar-refractivity contribution in [3.63, 3.8) is 0 Å². The lowest BCUT2D eigenvalue weighted by Crippen LogP contribution is -2.06. The van der Waals surface area contributed by atoms with Gasteiger partial charge in [0.25, 0.3) is 0 Å². The van der Waals surface area contributed by atoms with Gasteiger partial charge in [-0.05, 0) is 36.3 Å². The summed E-state index contributed by atoms with van der Waals surface area (Å²) < 4.78 is 0. The standard InChI is InChI=1S/C22H29/c1-2-3-4-5-8-17-22(18-20-13-9-6-10-14-20)19-21-15-11-7-12-16-21/h6-7,9-16H,2-5,8,17-19H2,1H3. The van der Waals surface area contributed by atoms with Gasteiger partial charge in [0.1, 0.15) is 0 Å². The third-order valence-corrected chi connectivity index (χ3v) is 4.23. The van der Waals surface area contributed by atoms with E-state index in [1.54, 1.807) is 5.92 Å². The molecule has 0 nitrogen and oxygen atoms in total. The zero-order chi connectivity index (χ0) is 15.5. The predicted molar refractivity (Wildman–Crippen MR) is 96.9 cm³/mol. The minimum absolute atomic E-state index is 1.13. The van der Waals surface area contributed by atoms with E-state index < -0.39 is 0 Å².